The van der Waals surface area contributed by atoms with Gasteiger partial charge in [-0.2, -0.15) is 12.6 Å². The lowest BCUT2D eigenvalue weighted by Gasteiger charge is -2.27. The Morgan fingerprint density at radius 1 is 1.12 bits per heavy atom. The highest BCUT2D eigenvalue weighted by Gasteiger charge is 2.32. The molecular formula is C19H35N7O5S. The van der Waals surface area contributed by atoms with Crippen molar-refractivity contribution < 1.29 is 24.3 Å². The van der Waals surface area contributed by atoms with Gasteiger partial charge in [-0.05, 0) is 38.1 Å². The molecule has 0 aromatic carbocycles. The normalized spacial score (nSPS) is 18.3. The van der Waals surface area contributed by atoms with Crippen LogP contribution in [0.4, 0.5) is 0 Å². The van der Waals surface area contributed by atoms with Crippen molar-refractivity contribution in [3.8, 4) is 0 Å². The van der Waals surface area contributed by atoms with Crippen molar-refractivity contribution in [2.24, 2.45) is 22.4 Å². The number of thiol groups is 1. The van der Waals surface area contributed by atoms with Gasteiger partial charge in [0.25, 0.3) is 0 Å². The van der Waals surface area contributed by atoms with Crippen molar-refractivity contribution >= 4 is 42.3 Å². The number of nitrogens with zero attached hydrogens (tertiary/aromatic N) is 1. The minimum atomic E-state index is -1.23. The molecule has 12 nitrogen and oxygen atoms in total. The lowest BCUT2D eigenvalue weighted by atomic mass is 10.0. The highest BCUT2D eigenvalue weighted by Crippen LogP contribution is 2.09. The largest absolute Gasteiger partial charge is 0.480 e. The van der Waals surface area contributed by atoms with Crippen molar-refractivity contribution in [2.75, 3.05) is 18.8 Å². The first kappa shape index (κ1) is 27.5. The maximum absolute atomic E-state index is 13.0. The summed E-state index contributed by atoms with van der Waals surface area (Å²) in [7, 11) is 0. The van der Waals surface area contributed by atoms with E-state index in [1.54, 1.807) is 13.8 Å². The number of amides is 3. The number of carboxylic acid groups (broad SMARTS) is 1. The highest BCUT2D eigenvalue weighted by atomic mass is 32.1. The van der Waals surface area contributed by atoms with Crippen molar-refractivity contribution in [3.05, 3.63) is 0 Å². The number of nitrogens with two attached hydrogens (primary N) is 2. The number of aliphatic carboxylic acids is 1. The Morgan fingerprint density at radius 2 is 1.81 bits per heavy atom. The number of nitrogens with one attached hydrogen (secondary N) is 4. The number of carbonyl (C=O) groups excluding carboxylic acids is 3. The molecule has 0 radical (unpaired) electrons. The van der Waals surface area contributed by atoms with E-state index < -0.39 is 35.9 Å². The maximum Gasteiger partial charge on any atom is 0.327 e. The third kappa shape index (κ3) is 9.30. The van der Waals surface area contributed by atoms with Crippen LogP contribution in [0.1, 0.15) is 39.5 Å². The molecule has 13 heteroatoms. The van der Waals surface area contributed by atoms with Gasteiger partial charge < -0.3 is 37.8 Å². The van der Waals surface area contributed by atoms with Crippen LogP contribution in [0, 0.1) is 5.92 Å². The number of hydrogen-bond donors (Lipinski definition) is 8. The quantitative estimate of drug-likeness (QED) is 0.0644. The van der Waals surface area contributed by atoms with Crippen LogP contribution >= 0.6 is 12.6 Å². The van der Waals surface area contributed by atoms with Crippen LogP contribution < -0.4 is 32.7 Å². The van der Waals surface area contributed by atoms with Crippen LogP contribution in [0.25, 0.3) is 0 Å². The minimum Gasteiger partial charge on any atom is -0.480 e. The summed E-state index contributed by atoms with van der Waals surface area (Å²) in [6.45, 7) is 4.44. The monoisotopic (exact) mass is 473 g/mol. The Morgan fingerprint density at radius 3 is 2.31 bits per heavy atom. The number of rotatable bonds is 13. The van der Waals surface area contributed by atoms with Crippen LogP contribution in [0.5, 0.6) is 0 Å². The number of guanidine groups is 1. The molecule has 0 bridgehead atoms. The predicted octanol–water partition coefficient (Wildman–Crippen LogP) is -2.08. The molecule has 0 saturated carbocycles. The first-order valence-corrected chi connectivity index (χ1v) is 11.2. The fourth-order valence-corrected chi connectivity index (χ4v) is 3.44. The third-order valence-electron chi connectivity index (χ3n) is 5.00. The topological polar surface area (TPSA) is 201 Å². The number of hydrogen-bond acceptors (Lipinski definition) is 7. The van der Waals surface area contributed by atoms with Gasteiger partial charge in [0.05, 0.1) is 6.04 Å². The Balaban J connectivity index is 2.87. The molecule has 1 aliphatic heterocycles. The van der Waals surface area contributed by atoms with Crippen LogP contribution in [0.3, 0.4) is 0 Å². The Hall–Kier alpha value is -2.54. The smallest absolute Gasteiger partial charge is 0.327 e. The molecule has 1 fully saturated rings. The molecule has 1 heterocycles. The molecule has 4 atom stereocenters. The molecule has 0 aromatic rings. The fourth-order valence-electron chi connectivity index (χ4n) is 3.19. The van der Waals surface area contributed by atoms with Crippen molar-refractivity contribution in [3.63, 3.8) is 0 Å². The van der Waals surface area contributed by atoms with E-state index >= 15 is 0 Å². The van der Waals surface area contributed by atoms with Crippen molar-refractivity contribution in [1.29, 1.82) is 0 Å². The van der Waals surface area contributed by atoms with Gasteiger partial charge in [-0.25, -0.2) is 4.79 Å². The number of carbonyl (C=O) groups is 4. The third-order valence-corrected chi connectivity index (χ3v) is 5.36. The van der Waals surface area contributed by atoms with Gasteiger partial charge in [-0.3, -0.25) is 19.4 Å². The summed E-state index contributed by atoms with van der Waals surface area (Å²) < 4.78 is 0. The minimum absolute atomic E-state index is 0.0705. The molecule has 32 heavy (non-hydrogen) atoms. The molecule has 1 aliphatic rings. The summed E-state index contributed by atoms with van der Waals surface area (Å²) >= 11 is 3.93. The summed E-state index contributed by atoms with van der Waals surface area (Å²) in [6.07, 6.45) is 2.21. The molecule has 0 aromatic heterocycles. The molecule has 0 aliphatic carbocycles. The van der Waals surface area contributed by atoms with Crippen molar-refractivity contribution in [1.82, 2.24) is 21.3 Å². The second-order valence-corrected chi connectivity index (χ2v) is 8.34. The van der Waals surface area contributed by atoms with Gasteiger partial charge in [0.15, 0.2) is 5.96 Å². The molecule has 1 rings (SSSR count). The van der Waals surface area contributed by atoms with Crippen molar-refractivity contribution in [2.45, 2.75) is 63.7 Å². The molecular weight excluding hydrogens is 438 g/mol. The Labute approximate surface area is 193 Å². The number of carboxylic acids is 1. The lowest BCUT2D eigenvalue weighted by Crippen LogP contribution is -2.58. The van der Waals surface area contributed by atoms with E-state index in [0.717, 1.165) is 13.0 Å². The molecule has 0 spiro atoms. The zero-order valence-corrected chi connectivity index (χ0v) is 19.4. The van der Waals surface area contributed by atoms with Crippen LogP contribution in [-0.2, 0) is 19.2 Å². The standard InChI is InChI=1S/C19H35N7O5S/c1-10(2)14(17(29)25-13(9-32)18(30)31)26-16(28)12(6-4-8-23-19(20)21)24-15(27)11-5-3-7-22-11/h10-14,22,32H,3-9H2,1-2H3,(H,24,27)(H,25,29)(H,26,28)(H,30,31)(H4,20,21,23). The average molecular weight is 474 g/mol. The predicted molar refractivity (Wildman–Crippen MR) is 123 cm³/mol. The first-order valence-electron chi connectivity index (χ1n) is 10.6. The SMILES string of the molecule is CC(C)C(NC(=O)C(CCCN=C(N)N)NC(=O)C1CCCN1)C(=O)NC(CS)C(=O)O. The highest BCUT2D eigenvalue weighted by molar-refractivity contribution is 7.80. The Kier molecular flexibility index (Phi) is 11.8. The van der Waals surface area contributed by atoms with E-state index in [2.05, 4.69) is 38.9 Å². The molecule has 182 valence electrons. The second kappa shape index (κ2) is 13.8. The first-order chi connectivity index (χ1) is 15.1. The van der Waals surface area contributed by atoms with E-state index in [1.807, 2.05) is 0 Å². The molecule has 3 amide bonds. The van der Waals surface area contributed by atoms with E-state index in [0.29, 0.717) is 12.8 Å². The van der Waals surface area contributed by atoms with E-state index in [4.69, 9.17) is 16.6 Å². The zero-order valence-electron chi connectivity index (χ0n) is 18.5. The summed E-state index contributed by atoms with van der Waals surface area (Å²) in [4.78, 5) is 53.2. The number of aliphatic imine (C=N–C) groups is 1. The zero-order chi connectivity index (χ0) is 24.3. The van der Waals surface area contributed by atoms with Crippen LogP contribution in [-0.4, -0.2) is 77.8 Å². The van der Waals surface area contributed by atoms with Gasteiger partial charge in [0.1, 0.15) is 18.1 Å². The van der Waals surface area contributed by atoms with Gasteiger partial charge in [-0.1, -0.05) is 13.8 Å². The van der Waals surface area contributed by atoms with Gasteiger partial charge >= 0.3 is 5.97 Å². The lowest BCUT2D eigenvalue weighted by molar-refractivity contribution is -0.142. The van der Waals surface area contributed by atoms with E-state index in [-0.39, 0.29) is 42.5 Å². The fraction of sp³-hybridized carbons (Fsp3) is 0.737. The summed E-state index contributed by atoms with van der Waals surface area (Å²) in [5.74, 6) is -3.21. The van der Waals surface area contributed by atoms with E-state index in [9.17, 15) is 19.2 Å². The van der Waals surface area contributed by atoms with Crippen LogP contribution in [0.15, 0.2) is 4.99 Å². The van der Waals surface area contributed by atoms with Gasteiger partial charge in [0.2, 0.25) is 17.7 Å². The van der Waals surface area contributed by atoms with E-state index in [1.165, 1.54) is 0 Å². The van der Waals surface area contributed by atoms with Gasteiger partial charge in [0, 0.05) is 12.3 Å². The Bertz CT molecular complexity index is 694. The summed E-state index contributed by atoms with van der Waals surface area (Å²) in [6, 6.07) is -3.47. The average Bonchev–Trinajstić information content (AvgIpc) is 3.26. The van der Waals surface area contributed by atoms with Gasteiger partial charge in [-0.15, -0.1) is 0 Å². The van der Waals surface area contributed by atoms with Crippen LogP contribution in [0.2, 0.25) is 0 Å². The molecule has 1 saturated heterocycles. The molecule has 9 N–H and O–H groups in total. The summed E-state index contributed by atoms with van der Waals surface area (Å²) in [5, 5.41) is 20.0. The summed E-state index contributed by atoms with van der Waals surface area (Å²) in [5.41, 5.74) is 10.6. The molecule has 4 unspecified atom stereocenters. The maximum atomic E-state index is 13.0. The second-order valence-electron chi connectivity index (χ2n) is 7.97.